The van der Waals surface area contributed by atoms with E-state index >= 15 is 0 Å². The normalized spacial score (nSPS) is 19.0. The summed E-state index contributed by atoms with van der Waals surface area (Å²) < 4.78 is 0. The molecule has 0 unspecified atom stereocenters. The van der Waals surface area contributed by atoms with Gasteiger partial charge in [-0.05, 0) is 49.3 Å². The summed E-state index contributed by atoms with van der Waals surface area (Å²) in [6, 6.07) is 7.13. The summed E-state index contributed by atoms with van der Waals surface area (Å²) in [5.41, 5.74) is 2.07. The molecule has 0 spiro atoms. The van der Waals surface area contributed by atoms with Gasteiger partial charge in [-0.3, -0.25) is 19.4 Å². The molecule has 2 rings (SSSR count). The molecule has 1 fully saturated rings. The van der Waals surface area contributed by atoms with E-state index in [-0.39, 0.29) is 11.6 Å². The Bertz CT molecular complexity index is 736. The van der Waals surface area contributed by atoms with Gasteiger partial charge < -0.3 is 0 Å². The number of carbonyl (C=O) groups is 3. The zero-order valence-corrected chi connectivity index (χ0v) is 17.0. The van der Waals surface area contributed by atoms with Crippen LogP contribution < -0.4 is 0 Å². The lowest BCUT2D eigenvalue weighted by molar-refractivity contribution is -0.137. The van der Waals surface area contributed by atoms with E-state index in [0.717, 1.165) is 12.0 Å². The Labute approximate surface area is 162 Å². The highest BCUT2D eigenvalue weighted by molar-refractivity contribution is 6.31. The number of rotatable bonds is 7. The van der Waals surface area contributed by atoms with Crippen LogP contribution in [0.3, 0.4) is 0 Å². The molecule has 146 valence electrons. The summed E-state index contributed by atoms with van der Waals surface area (Å²) in [5.74, 6) is -0.543. The average Bonchev–Trinajstić information content (AvgIpc) is 2.68. The number of hydrogen-bond donors (Lipinski definition) is 0. The molecule has 0 bridgehead atoms. The number of nitrogens with zero attached hydrogens (tertiary/aromatic N) is 2. The zero-order valence-electron chi connectivity index (χ0n) is 17.0. The molecule has 0 saturated carbocycles. The average molecular weight is 370 g/mol. The Balaban J connectivity index is 2.42. The summed E-state index contributed by atoms with van der Waals surface area (Å²) >= 11 is 0. The fourth-order valence-electron chi connectivity index (χ4n) is 3.11. The largest absolute Gasteiger partial charge is 0.334 e. The SMILES string of the molecule is CCCN1C(=O)/C(=C/c2ccc([C@H](C)CC)cc2)C(=O)N([C@H](C)CC)C1=O. The van der Waals surface area contributed by atoms with Crippen LogP contribution in [0.5, 0.6) is 0 Å². The molecule has 0 aromatic heterocycles. The van der Waals surface area contributed by atoms with Crippen LogP contribution in [0.15, 0.2) is 29.8 Å². The first-order valence-electron chi connectivity index (χ1n) is 9.86. The highest BCUT2D eigenvalue weighted by Crippen LogP contribution is 2.24. The maximum absolute atomic E-state index is 12.9. The van der Waals surface area contributed by atoms with Gasteiger partial charge in [0, 0.05) is 12.6 Å². The second-order valence-electron chi connectivity index (χ2n) is 7.21. The fourth-order valence-corrected chi connectivity index (χ4v) is 3.11. The van der Waals surface area contributed by atoms with Gasteiger partial charge in [-0.1, -0.05) is 52.0 Å². The van der Waals surface area contributed by atoms with E-state index in [1.54, 1.807) is 6.08 Å². The molecule has 1 heterocycles. The van der Waals surface area contributed by atoms with E-state index in [1.165, 1.54) is 15.4 Å². The summed E-state index contributed by atoms with van der Waals surface area (Å²) in [4.78, 5) is 40.8. The Kier molecular flexibility index (Phi) is 6.94. The minimum Gasteiger partial charge on any atom is -0.268 e. The van der Waals surface area contributed by atoms with E-state index in [0.29, 0.717) is 25.3 Å². The van der Waals surface area contributed by atoms with Crippen LogP contribution in [0.4, 0.5) is 4.79 Å². The van der Waals surface area contributed by atoms with Gasteiger partial charge in [-0.2, -0.15) is 0 Å². The second-order valence-corrected chi connectivity index (χ2v) is 7.21. The molecule has 1 aromatic rings. The number of benzene rings is 1. The van der Waals surface area contributed by atoms with Crippen LogP contribution in [0.1, 0.15) is 70.9 Å². The molecule has 1 aliphatic rings. The van der Waals surface area contributed by atoms with Crippen molar-refractivity contribution in [2.75, 3.05) is 6.54 Å². The Morgan fingerprint density at radius 2 is 1.56 bits per heavy atom. The predicted molar refractivity (Wildman–Crippen MR) is 107 cm³/mol. The van der Waals surface area contributed by atoms with Crippen LogP contribution in [-0.2, 0) is 9.59 Å². The molecule has 1 aliphatic heterocycles. The van der Waals surface area contributed by atoms with Gasteiger partial charge >= 0.3 is 6.03 Å². The molecule has 0 N–H and O–H groups in total. The number of imide groups is 2. The fraction of sp³-hybridized carbons (Fsp3) is 0.500. The van der Waals surface area contributed by atoms with Crippen molar-refractivity contribution in [2.24, 2.45) is 0 Å². The van der Waals surface area contributed by atoms with Crippen molar-refractivity contribution in [2.45, 2.75) is 65.8 Å². The first kappa shape index (κ1) is 20.9. The van der Waals surface area contributed by atoms with E-state index in [4.69, 9.17) is 0 Å². The number of carbonyl (C=O) groups excluding carboxylic acids is 3. The van der Waals surface area contributed by atoms with Crippen LogP contribution in [0, 0.1) is 0 Å². The van der Waals surface area contributed by atoms with Gasteiger partial charge in [0.2, 0.25) is 0 Å². The van der Waals surface area contributed by atoms with Crippen LogP contribution in [-0.4, -0.2) is 40.2 Å². The van der Waals surface area contributed by atoms with E-state index in [1.807, 2.05) is 45.0 Å². The Morgan fingerprint density at radius 1 is 0.926 bits per heavy atom. The lowest BCUT2D eigenvalue weighted by Crippen LogP contribution is -2.58. The highest BCUT2D eigenvalue weighted by atomic mass is 16.2. The van der Waals surface area contributed by atoms with E-state index in [9.17, 15) is 14.4 Å². The molecule has 0 radical (unpaired) electrons. The van der Waals surface area contributed by atoms with Gasteiger partial charge in [0.05, 0.1) is 0 Å². The highest BCUT2D eigenvalue weighted by Gasteiger charge is 2.43. The second kappa shape index (κ2) is 8.98. The van der Waals surface area contributed by atoms with Crippen molar-refractivity contribution < 1.29 is 14.4 Å². The molecular weight excluding hydrogens is 340 g/mol. The van der Waals surface area contributed by atoms with Crippen LogP contribution >= 0.6 is 0 Å². The lowest BCUT2D eigenvalue weighted by atomic mass is 9.97. The monoisotopic (exact) mass is 370 g/mol. The van der Waals surface area contributed by atoms with Crippen LogP contribution in [0.2, 0.25) is 0 Å². The summed E-state index contributed by atoms with van der Waals surface area (Å²) in [7, 11) is 0. The van der Waals surface area contributed by atoms with Gasteiger partial charge in [0.25, 0.3) is 11.8 Å². The van der Waals surface area contributed by atoms with Crippen molar-refractivity contribution in [1.82, 2.24) is 9.80 Å². The Morgan fingerprint density at radius 3 is 2.07 bits per heavy atom. The number of hydrogen-bond acceptors (Lipinski definition) is 3. The smallest absolute Gasteiger partial charge is 0.268 e. The number of urea groups is 1. The van der Waals surface area contributed by atoms with Gasteiger partial charge in [-0.25, -0.2) is 4.79 Å². The summed E-state index contributed by atoms with van der Waals surface area (Å²) in [6.07, 6.45) is 3.95. The molecule has 27 heavy (non-hydrogen) atoms. The van der Waals surface area contributed by atoms with Crippen LogP contribution in [0.25, 0.3) is 6.08 Å². The van der Waals surface area contributed by atoms with Crippen molar-refractivity contribution in [1.29, 1.82) is 0 Å². The molecule has 1 saturated heterocycles. The molecule has 2 atom stereocenters. The topological polar surface area (TPSA) is 57.7 Å². The molecular formula is C22H30N2O3. The standard InChI is InChI=1S/C22H30N2O3/c1-6-13-23-20(25)19(21(26)24(22(23)27)16(5)8-3)14-17-9-11-18(12-10-17)15(4)7-2/h9-12,14-16H,6-8,13H2,1-5H3/b19-14-/t15-,16-/m1/s1. The quantitative estimate of drug-likeness (QED) is 0.521. The maximum Gasteiger partial charge on any atom is 0.334 e. The Hall–Kier alpha value is -2.43. The van der Waals surface area contributed by atoms with Crippen molar-refractivity contribution in [3.05, 3.63) is 41.0 Å². The lowest BCUT2D eigenvalue weighted by Gasteiger charge is -2.36. The van der Waals surface area contributed by atoms with E-state index < -0.39 is 17.8 Å². The molecule has 4 amide bonds. The third kappa shape index (κ3) is 4.29. The number of barbiturate groups is 1. The number of amides is 4. The third-order valence-electron chi connectivity index (χ3n) is 5.27. The minimum absolute atomic E-state index is 0.0552. The third-order valence-corrected chi connectivity index (χ3v) is 5.27. The zero-order chi connectivity index (χ0) is 20.1. The molecule has 5 heteroatoms. The molecule has 1 aromatic carbocycles. The maximum atomic E-state index is 12.9. The van der Waals surface area contributed by atoms with Crippen molar-refractivity contribution in [3.8, 4) is 0 Å². The van der Waals surface area contributed by atoms with E-state index in [2.05, 4.69) is 13.8 Å². The minimum atomic E-state index is -0.509. The first-order chi connectivity index (χ1) is 12.8. The van der Waals surface area contributed by atoms with Gasteiger partial charge in [-0.15, -0.1) is 0 Å². The van der Waals surface area contributed by atoms with Crippen molar-refractivity contribution in [3.63, 3.8) is 0 Å². The predicted octanol–water partition coefficient (Wildman–Crippen LogP) is 4.58. The van der Waals surface area contributed by atoms with Gasteiger partial charge in [0.15, 0.2) is 0 Å². The molecule has 0 aliphatic carbocycles. The van der Waals surface area contributed by atoms with Gasteiger partial charge in [0.1, 0.15) is 5.57 Å². The molecule has 5 nitrogen and oxygen atoms in total. The summed E-state index contributed by atoms with van der Waals surface area (Å²) in [5, 5.41) is 0. The first-order valence-corrected chi connectivity index (χ1v) is 9.86. The van der Waals surface area contributed by atoms with Crippen molar-refractivity contribution >= 4 is 23.9 Å². The summed E-state index contributed by atoms with van der Waals surface area (Å²) in [6.45, 7) is 10.3.